The number of halogens is 1. The molecule has 10 heavy (non-hydrogen) atoms. The van der Waals surface area contributed by atoms with Crippen LogP contribution >= 0.6 is 11.6 Å². The molecule has 1 aliphatic heterocycles. The Morgan fingerprint density at radius 2 is 2.50 bits per heavy atom. The van der Waals surface area contributed by atoms with Crippen LogP contribution in [0.1, 0.15) is 19.8 Å². The van der Waals surface area contributed by atoms with Gasteiger partial charge >= 0.3 is 0 Å². The standard InChI is InChI=1S/C7H10ClNO/c1-5-2-6(4-10)3-7(8)9-5/h4,6-7H,2-3H2,1H3. The van der Waals surface area contributed by atoms with E-state index in [4.69, 9.17) is 11.6 Å². The fourth-order valence-electron chi connectivity index (χ4n) is 1.16. The molecule has 2 unspecified atom stereocenters. The Morgan fingerprint density at radius 3 is 3.00 bits per heavy atom. The van der Waals surface area contributed by atoms with E-state index in [2.05, 4.69) is 4.99 Å². The minimum Gasteiger partial charge on any atom is -0.303 e. The Morgan fingerprint density at radius 1 is 1.80 bits per heavy atom. The number of hydrogen-bond acceptors (Lipinski definition) is 2. The van der Waals surface area contributed by atoms with Crippen LogP contribution in [0.25, 0.3) is 0 Å². The van der Waals surface area contributed by atoms with Gasteiger partial charge in [0.15, 0.2) is 0 Å². The summed E-state index contributed by atoms with van der Waals surface area (Å²) in [6.45, 7) is 1.91. The van der Waals surface area contributed by atoms with Crippen molar-refractivity contribution in [2.75, 3.05) is 0 Å². The molecule has 1 rings (SSSR count). The SMILES string of the molecule is CC1=NC(Cl)CC(C=O)C1. The van der Waals surface area contributed by atoms with Crippen LogP contribution in [0, 0.1) is 5.92 Å². The molecule has 0 amide bonds. The van der Waals surface area contributed by atoms with Gasteiger partial charge in [0.05, 0.1) is 0 Å². The summed E-state index contributed by atoms with van der Waals surface area (Å²) in [5, 5.41) is 0. The largest absolute Gasteiger partial charge is 0.303 e. The number of aliphatic imine (C=N–C) groups is 1. The van der Waals surface area contributed by atoms with Gasteiger partial charge in [-0.2, -0.15) is 0 Å². The quantitative estimate of drug-likeness (QED) is 0.325. The number of alkyl halides is 1. The Labute approximate surface area is 65.3 Å². The molecule has 1 aliphatic rings. The summed E-state index contributed by atoms with van der Waals surface area (Å²) in [6.07, 6.45) is 2.45. The van der Waals surface area contributed by atoms with Gasteiger partial charge in [-0.1, -0.05) is 11.6 Å². The highest BCUT2D eigenvalue weighted by molar-refractivity contribution is 6.21. The van der Waals surface area contributed by atoms with Crippen molar-refractivity contribution in [3.8, 4) is 0 Å². The Bertz CT molecular complexity index is 167. The maximum atomic E-state index is 10.3. The smallest absolute Gasteiger partial charge is 0.124 e. The lowest BCUT2D eigenvalue weighted by Gasteiger charge is -2.18. The van der Waals surface area contributed by atoms with Crippen molar-refractivity contribution in [3.63, 3.8) is 0 Å². The van der Waals surface area contributed by atoms with Crippen LogP contribution in [-0.4, -0.2) is 17.5 Å². The van der Waals surface area contributed by atoms with Crippen molar-refractivity contribution in [3.05, 3.63) is 0 Å². The van der Waals surface area contributed by atoms with Gasteiger partial charge in [-0.25, -0.2) is 0 Å². The molecule has 0 N–H and O–H groups in total. The molecule has 0 spiro atoms. The van der Waals surface area contributed by atoms with Crippen LogP contribution in [-0.2, 0) is 4.79 Å². The minimum atomic E-state index is -0.177. The summed E-state index contributed by atoms with van der Waals surface area (Å²) in [5.41, 5.74) is 0.812. The average molecular weight is 160 g/mol. The van der Waals surface area contributed by atoms with Gasteiger partial charge < -0.3 is 4.79 Å². The van der Waals surface area contributed by atoms with Crippen molar-refractivity contribution >= 4 is 23.6 Å². The van der Waals surface area contributed by atoms with Crippen molar-refractivity contribution in [1.82, 2.24) is 0 Å². The maximum absolute atomic E-state index is 10.3. The van der Waals surface area contributed by atoms with Crippen molar-refractivity contribution in [2.45, 2.75) is 25.3 Å². The van der Waals surface area contributed by atoms with E-state index in [1.165, 1.54) is 0 Å². The van der Waals surface area contributed by atoms with Gasteiger partial charge in [0, 0.05) is 11.6 Å². The first-order valence-corrected chi connectivity index (χ1v) is 3.78. The normalized spacial score (nSPS) is 33.2. The van der Waals surface area contributed by atoms with E-state index in [-0.39, 0.29) is 11.4 Å². The van der Waals surface area contributed by atoms with Gasteiger partial charge in [-0.15, -0.1) is 0 Å². The zero-order valence-corrected chi connectivity index (χ0v) is 6.64. The predicted molar refractivity (Wildman–Crippen MR) is 41.5 cm³/mol. The number of rotatable bonds is 1. The molecule has 0 saturated carbocycles. The third-order valence-electron chi connectivity index (χ3n) is 1.61. The molecule has 0 radical (unpaired) electrons. The van der Waals surface area contributed by atoms with Gasteiger partial charge in [-0.05, 0) is 19.8 Å². The number of aldehydes is 1. The first-order valence-electron chi connectivity index (χ1n) is 3.35. The third-order valence-corrected chi connectivity index (χ3v) is 1.88. The molecule has 0 aromatic heterocycles. The van der Waals surface area contributed by atoms with E-state index in [0.29, 0.717) is 6.42 Å². The van der Waals surface area contributed by atoms with Crippen LogP contribution in [0.5, 0.6) is 0 Å². The maximum Gasteiger partial charge on any atom is 0.124 e. The lowest BCUT2D eigenvalue weighted by molar-refractivity contribution is -0.111. The van der Waals surface area contributed by atoms with E-state index in [0.717, 1.165) is 18.4 Å². The van der Waals surface area contributed by atoms with Crippen LogP contribution in [0.3, 0.4) is 0 Å². The molecular weight excluding hydrogens is 150 g/mol. The Hall–Kier alpha value is -0.370. The van der Waals surface area contributed by atoms with E-state index in [1.807, 2.05) is 6.92 Å². The first-order chi connectivity index (χ1) is 4.72. The molecule has 56 valence electrons. The van der Waals surface area contributed by atoms with E-state index >= 15 is 0 Å². The third kappa shape index (κ3) is 1.81. The number of hydrogen-bond donors (Lipinski definition) is 0. The fourth-order valence-corrected chi connectivity index (χ4v) is 1.56. The van der Waals surface area contributed by atoms with Gasteiger partial charge in [0.1, 0.15) is 11.8 Å². The highest BCUT2D eigenvalue weighted by Crippen LogP contribution is 2.20. The van der Waals surface area contributed by atoms with E-state index < -0.39 is 0 Å². The topological polar surface area (TPSA) is 29.4 Å². The summed E-state index contributed by atoms with van der Waals surface area (Å²) in [6, 6.07) is 0. The van der Waals surface area contributed by atoms with Crippen molar-refractivity contribution in [2.24, 2.45) is 10.9 Å². The van der Waals surface area contributed by atoms with Crippen LogP contribution in [0.2, 0.25) is 0 Å². The van der Waals surface area contributed by atoms with Crippen LogP contribution in [0.15, 0.2) is 4.99 Å². The lowest BCUT2D eigenvalue weighted by atomic mass is 9.98. The van der Waals surface area contributed by atoms with Crippen LogP contribution < -0.4 is 0 Å². The second kappa shape index (κ2) is 3.15. The Balaban J connectivity index is 2.60. The molecule has 0 aromatic rings. The second-order valence-electron chi connectivity index (χ2n) is 2.63. The first kappa shape index (κ1) is 7.73. The number of nitrogens with zero attached hydrogens (tertiary/aromatic N) is 1. The molecule has 0 bridgehead atoms. The average Bonchev–Trinajstić information content (AvgIpc) is 1.85. The number of carbonyl (C=O) groups is 1. The highest BCUT2D eigenvalue weighted by atomic mass is 35.5. The fraction of sp³-hybridized carbons (Fsp3) is 0.714. The molecule has 2 nitrogen and oxygen atoms in total. The van der Waals surface area contributed by atoms with Gasteiger partial charge in [0.25, 0.3) is 0 Å². The van der Waals surface area contributed by atoms with E-state index in [1.54, 1.807) is 0 Å². The highest BCUT2D eigenvalue weighted by Gasteiger charge is 2.19. The lowest BCUT2D eigenvalue weighted by Crippen LogP contribution is -2.18. The monoisotopic (exact) mass is 159 g/mol. The van der Waals surface area contributed by atoms with E-state index in [9.17, 15) is 4.79 Å². The summed E-state index contributed by atoms with van der Waals surface area (Å²) in [5.74, 6) is 0.0972. The number of carbonyl (C=O) groups excluding carboxylic acids is 1. The summed E-state index contributed by atoms with van der Waals surface area (Å²) < 4.78 is 0. The van der Waals surface area contributed by atoms with Gasteiger partial charge in [0.2, 0.25) is 0 Å². The van der Waals surface area contributed by atoms with Crippen LogP contribution in [0.4, 0.5) is 0 Å². The molecule has 0 aromatic carbocycles. The summed E-state index contributed by atoms with van der Waals surface area (Å²) >= 11 is 5.74. The Kier molecular flexibility index (Phi) is 2.44. The molecule has 0 fully saturated rings. The molecule has 2 atom stereocenters. The summed E-state index contributed by atoms with van der Waals surface area (Å²) in [7, 11) is 0. The van der Waals surface area contributed by atoms with Gasteiger partial charge in [-0.3, -0.25) is 4.99 Å². The molecular formula is C7H10ClNO. The zero-order valence-electron chi connectivity index (χ0n) is 5.88. The molecule has 0 saturated heterocycles. The van der Waals surface area contributed by atoms with Crippen molar-refractivity contribution in [1.29, 1.82) is 0 Å². The predicted octanol–water partition coefficient (Wildman–Crippen LogP) is 1.62. The van der Waals surface area contributed by atoms with Crippen molar-refractivity contribution < 1.29 is 4.79 Å². The molecule has 3 heteroatoms. The zero-order chi connectivity index (χ0) is 7.56. The minimum absolute atomic E-state index is 0.0972. The molecule has 0 aliphatic carbocycles. The molecule has 1 heterocycles. The second-order valence-corrected chi connectivity index (χ2v) is 3.14. The summed E-state index contributed by atoms with van der Waals surface area (Å²) in [4.78, 5) is 14.4.